The van der Waals surface area contributed by atoms with Crippen molar-refractivity contribution in [3.8, 4) is 0 Å². The Balaban J connectivity index is 1.68. The molecule has 9 heteroatoms. The van der Waals surface area contributed by atoms with Crippen LogP contribution in [0.1, 0.15) is 27.8 Å². The number of fused-ring (bicyclic) bond motifs is 1. The molecule has 0 fully saturated rings. The highest BCUT2D eigenvalue weighted by molar-refractivity contribution is 7.89. The Bertz CT molecular complexity index is 1370. The normalized spacial score (nSPS) is 12.7. The van der Waals surface area contributed by atoms with Crippen LogP contribution in [-0.4, -0.2) is 42.7 Å². The lowest BCUT2D eigenvalue weighted by Gasteiger charge is -2.18. The molecular formula is C24H23ClN4O3S. The number of nitrogens with zero attached hydrogens (tertiary/aromatic N) is 2. The van der Waals surface area contributed by atoms with E-state index >= 15 is 0 Å². The highest BCUT2D eigenvalue weighted by Crippen LogP contribution is 2.26. The van der Waals surface area contributed by atoms with Crippen molar-refractivity contribution in [1.82, 2.24) is 19.6 Å². The van der Waals surface area contributed by atoms with E-state index in [0.29, 0.717) is 12.2 Å². The first-order chi connectivity index (χ1) is 15.8. The van der Waals surface area contributed by atoms with Crippen LogP contribution in [0.5, 0.6) is 0 Å². The van der Waals surface area contributed by atoms with E-state index in [0.717, 1.165) is 20.9 Å². The minimum absolute atomic E-state index is 0.0540. The standard InChI is InChI=1S/C24H23ClN4O3S/c1-29(2)33(31,32)22-15-17(12-13-18(22)25)24(30)28-21(14-16-8-4-3-5-9-16)23-26-19-10-6-7-11-20(19)27-23/h3-13,15,21H,14H2,1-2H3,(H,26,27)(H,28,30). The highest BCUT2D eigenvalue weighted by atomic mass is 35.5. The Morgan fingerprint density at radius 2 is 1.76 bits per heavy atom. The van der Waals surface area contributed by atoms with E-state index in [2.05, 4.69) is 15.3 Å². The Labute approximate surface area is 197 Å². The highest BCUT2D eigenvalue weighted by Gasteiger charge is 2.24. The van der Waals surface area contributed by atoms with Crippen LogP contribution in [0.3, 0.4) is 0 Å². The molecule has 1 atom stereocenters. The quantitative estimate of drug-likeness (QED) is 0.413. The molecule has 0 saturated carbocycles. The molecule has 1 aromatic heterocycles. The van der Waals surface area contributed by atoms with Gasteiger partial charge in [0.25, 0.3) is 5.91 Å². The molecule has 0 aliphatic carbocycles. The molecule has 2 N–H and O–H groups in total. The lowest BCUT2D eigenvalue weighted by Crippen LogP contribution is -2.31. The maximum atomic E-state index is 13.2. The number of carbonyl (C=O) groups is 1. The van der Waals surface area contributed by atoms with E-state index in [-0.39, 0.29) is 15.5 Å². The molecule has 4 aromatic rings. The largest absolute Gasteiger partial charge is 0.342 e. The predicted molar refractivity (Wildman–Crippen MR) is 129 cm³/mol. The first-order valence-electron chi connectivity index (χ1n) is 10.3. The number of H-pyrrole nitrogens is 1. The monoisotopic (exact) mass is 482 g/mol. The van der Waals surface area contributed by atoms with Crippen molar-refractivity contribution in [2.45, 2.75) is 17.4 Å². The molecule has 0 aliphatic heterocycles. The molecule has 170 valence electrons. The van der Waals surface area contributed by atoms with Gasteiger partial charge in [-0.25, -0.2) is 17.7 Å². The number of carbonyl (C=O) groups excluding carboxylic acids is 1. The predicted octanol–water partition coefficient (Wildman–Crippen LogP) is 4.18. The van der Waals surface area contributed by atoms with E-state index in [1.165, 1.54) is 32.3 Å². The van der Waals surface area contributed by atoms with Gasteiger partial charge in [-0.3, -0.25) is 4.79 Å². The van der Waals surface area contributed by atoms with Crippen LogP contribution < -0.4 is 5.32 Å². The van der Waals surface area contributed by atoms with Crippen LogP contribution in [0.25, 0.3) is 11.0 Å². The maximum Gasteiger partial charge on any atom is 0.251 e. The number of nitrogens with one attached hydrogen (secondary N) is 2. The first kappa shape index (κ1) is 23.0. The molecule has 0 radical (unpaired) electrons. The minimum atomic E-state index is -3.81. The molecule has 0 spiro atoms. The number of hydrogen-bond acceptors (Lipinski definition) is 4. The van der Waals surface area contributed by atoms with Gasteiger partial charge in [0.2, 0.25) is 10.0 Å². The summed E-state index contributed by atoms with van der Waals surface area (Å²) in [5.41, 5.74) is 2.88. The summed E-state index contributed by atoms with van der Waals surface area (Å²) in [6, 6.07) is 21.1. The Kier molecular flexibility index (Phi) is 6.51. The topological polar surface area (TPSA) is 95.2 Å². The lowest BCUT2D eigenvalue weighted by atomic mass is 10.0. The number of benzene rings is 3. The number of aromatic amines is 1. The van der Waals surface area contributed by atoms with Crippen molar-refractivity contribution in [3.05, 3.63) is 94.8 Å². The zero-order valence-corrected chi connectivity index (χ0v) is 19.7. The van der Waals surface area contributed by atoms with Gasteiger partial charge >= 0.3 is 0 Å². The van der Waals surface area contributed by atoms with Crippen molar-refractivity contribution in [2.24, 2.45) is 0 Å². The average Bonchev–Trinajstić information content (AvgIpc) is 3.23. The Morgan fingerprint density at radius 1 is 1.06 bits per heavy atom. The summed E-state index contributed by atoms with van der Waals surface area (Å²) in [5.74, 6) is 0.187. The number of hydrogen-bond donors (Lipinski definition) is 2. The van der Waals surface area contributed by atoms with E-state index in [1.54, 1.807) is 0 Å². The van der Waals surface area contributed by atoms with Crippen LogP contribution in [0.2, 0.25) is 5.02 Å². The summed E-state index contributed by atoms with van der Waals surface area (Å²) in [4.78, 5) is 21.0. The average molecular weight is 483 g/mol. The number of aromatic nitrogens is 2. The molecular weight excluding hydrogens is 460 g/mol. The molecule has 7 nitrogen and oxygen atoms in total. The molecule has 0 bridgehead atoms. The van der Waals surface area contributed by atoms with Crippen LogP contribution in [0, 0.1) is 0 Å². The summed E-state index contributed by atoms with van der Waals surface area (Å²) in [7, 11) is -0.982. The second kappa shape index (κ2) is 9.35. The number of rotatable bonds is 7. The van der Waals surface area contributed by atoms with Crippen LogP contribution >= 0.6 is 11.6 Å². The van der Waals surface area contributed by atoms with Gasteiger partial charge in [0.05, 0.1) is 22.1 Å². The summed E-state index contributed by atoms with van der Waals surface area (Å²) in [6.45, 7) is 0. The lowest BCUT2D eigenvalue weighted by molar-refractivity contribution is 0.0934. The molecule has 3 aromatic carbocycles. The third-order valence-electron chi connectivity index (χ3n) is 5.28. The van der Waals surface area contributed by atoms with E-state index in [9.17, 15) is 13.2 Å². The van der Waals surface area contributed by atoms with E-state index in [4.69, 9.17) is 11.6 Å². The zero-order valence-electron chi connectivity index (χ0n) is 18.1. The van der Waals surface area contributed by atoms with Gasteiger partial charge in [0, 0.05) is 19.7 Å². The van der Waals surface area contributed by atoms with Crippen molar-refractivity contribution < 1.29 is 13.2 Å². The van der Waals surface area contributed by atoms with Crippen LogP contribution in [-0.2, 0) is 16.4 Å². The number of imidazole rings is 1. The van der Waals surface area contributed by atoms with Gasteiger partial charge in [-0.15, -0.1) is 0 Å². The van der Waals surface area contributed by atoms with Crippen molar-refractivity contribution in [1.29, 1.82) is 0 Å². The molecule has 0 aliphatic rings. The molecule has 4 rings (SSSR count). The zero-order chi connectivity index (χ0) is 23.6. The number of para-hydroxylation sites is 2. The number of halogens is 1. The molecule has 0 saturated heterocycles. The van der Waals surface area contributed by atoms with Gasteiger partial charge < -0.3 is 10.3 Å². The Morgan fingerprint density at radius 3 is 2.45 bits per heavy atom. The summed E-state index contributed by atoms with van der Waals surface area (Å²) < 4.78 is 26.3. The third kappa shape index (κ3) is 4.93. The van der Waals surface area contributed by atoms with Crippen molar-refractivity contribution in [3.63, 3.8) is 0 Å². The fraction of sp³-hybridized carbons (Fsp3) is 0.167. The maximum absolute atomic E-state index is 13.2. The second-order valence-corrected chi connectivity index (χ2v) is 10.3. The number of sulfonamides is 1. The summed E-state index contributed by atoms with van der Waals surface area (Å²) in [6.07, 6.45) is 0.503. The molecule has 1 unspecified atom stereocenters. The molecule has 1 amide bonds. The van der Waals surface area contributed by atoms with Crippen molar-refractivity contribution >= 4 is 38.6 Å². The summed E-state index contributed by atoms with van der Waals surface area (Å²) >= 11 is 6.13. The van der Waals surface area contributed by atoms with E-state index in [1.807, 2.05) is 54.6 Å². The van der Waals surface area contributed by atoms with Gasteiger partial charge in [0.15, 0.2) is 0 Å². The smallest absolute Gasteiger partial charge is 0.251 e. The third-order valence-corrected chi connectivity index (χ3v) is 7.57. The van der Waals surface area contributed by atoms with Crippen LogP contribution in [0.15, 0.2) is 77.7 Å². The van der Waals surface area contributed by atoms with Gasteiger partial charge in [-0.2, -0.15) is 0 Å². The second-order valence-electron chi connectivity index (χ2n) is 7.79. The van der Waals surface area contributed by atoms with Crippen LogP contribution in [0.4, 0.5) is 0 Å². The van der Waals surface area contributed by atoms with Crippen molar-refractivity contribution in [2.75, 3.05) is 14.1 Å². The number of amides is 1. The SMILES string of the molecule is CN(C)S(=O)(=O)c1cc(C(=O)NC(Cc2ccccc2)c2nc3ccccc3[nH]2)ccc1Cl. The fourth-order valence-corrected chi connectivity index (χ4v) is 4.88. The van der Waals surface area contributed by atoms with E-state index < -0.39 is 22.0 Å². The summed E-state index contributed by atoms with van der Waals surface area (Å²) in [5, 5.41) is 3.06. The minimum Gasteiger partial charge on any atom is -0.342 e. The Hall–Kier alpha value is -3.20. The first-order valence-corrected chi connectivity index (χ1v) is 12.1. The fourth-order valence-electron chi connectivity index (χ4n) is 3.48. The molecule has 1 heterocycles. The van der Waals surface area contributed by atoms with Gasteiger partial charge in [0.1, 0.15) is 10.7 Å². The van der Waals surface area contributed by atoms with Gasteiger partial charge in [-0.1, -0.05) is 54.1 Å². The molecule has 33 heavy (non-hydrogen) atoms. The van der Waals surface area contributed by atoms with Gasteiger partial charge in [-0.05, 0) is 42.3 Å².